The molecule has 0 saturated heterocycles. The lowest BCUT2D eigenvalue weighted by Crippen LogP contribution is -2.07. The van der Waals surface area contributed by atoms with E-state index >= 15 is 0 Å². The van der Waals surface area contributed by atoms with Crippen LogP contribution in [0.5, 0.6) is 0 Å². The van der Waals surface area contributed by atoms with Crippen LogP contribution in [0.2, 0.25) is 0 Å². The van der Waals surface area contributed by atoms with Gasteiger partial charge in [0.05, 0.1) is 5.30 Å². The number of benzene rings is 1. The molecule has 4 heteroatoms. The fourth-order valence-corrected chi connectivity index (χ4v) is 1.90. The molecule has 0 heterocycles. The Hall–Kier alpha value is -0.890. The Morgan fingerprint density at radius 2 is 2.00 bits per heavy atom. The summed E-state index contributed by atoms with van der Waals surface area (Å²) in [5, 5.41) is 0.0877. The zero-order valence-corrected chi connectivity index (χ0v) is 8.82. The first-order chi connectivity index (χ1) is 6.55. The van der Waals surface area contributed by atoms with Gasteiger partial charge < -0.3 is 9.79 Å². The summed E-state index contributed by atoms with van der Waals surface area (Å²) in [4.78, 5) is 18.1. The molecule has 0 aliphatic rings. The van der Waals surface area contributed by atoms with Gasteiger partial charge in [0.15, 0.2) is 0 Å². The highest BCUT2D eigenvalue weighted by Gasteiger charge is 2.19. The highest BCUT2D eigenvalue weighted by molar-refractivity contribution is 7.60. The van der Waals surface area contributed by atoms with E-state index in [4.69, 9.17) is 9.79 Å². The summed E-state index contributed by atoms with van der Waals surface area (Å²) >= 11 is 0. The monoisotopic (exact) mass is 212 g/mol. The first-order valence-corrected chi connectivity index (χ1v) is 5.98. The molecule has 3 nitrogen and oxygen atoms in total. The van der Waals surface area contributed by atoms with Crippen molar-refractivity contribution in [2.75, 3.05) is 0 Å². The smallest absolute Gasteiger partial charge is 0.321 e. The van der Waals surface area contributed by atoms with Gasteiger partial charge in [-0.3, -0.25) is 4.57 Å². The van der Waals surface area contributed by atoms with Gasteiger partial charge in [-0.25, -0.2) is 0 Å². The maximum absolute atomic E-state index is 11.1. The molecule has 0 spiro atoms. The molecule has 0 unspecified atom stereocenters. The van der Waals surface area contributed by atoms with E-state index in [1.54, 1.807) is 24.3 Å². The molecule has 0 fully saturated rings. The zero-order valence-electron chi connectivity index (χ0n) is 7.92. The molecule has 0 atom stereocenters. The van der Waals surface area contributed by atoms with Gasteiger partial charge in [-0.15, -0.1) is 0 Å². The fraction of sp³-hybridized carbons (Fsp3) is 0.200. The first kappa shape index (κ1) is 11.2. The molecular weight excluding hydrogens is 199 g/mol. The molecule has 1 aromatic carbocycles. The maximum atomic E-state index is 11.1. The van der Waals surface area contributed by atoms with E-state index in [0.717, 1.165) is 6.42 Å². The van der Waals surface area contributed by atoms with Crippen molar-refractivity contribution in [1.29, 1.82) is 0 Å². The Bertz CT molecular complexity index is 379. The van der Waals surface area contributed by atoms with Crippen molar-refractivity contribution in [2.24, 2.45) is 0 Å². The van der Waals surface area contributed by atoms with Crippen molar-refractivity contribution in [3.63, 3.8) is 0 Å². The second kappa shape index (κ2) is 4.56. The second-order valence-electron chi connectivity index (χ2n) is 2.91. The predicted octanol–water partition coefficient (Wildman–Crippen LogP) is 1.91. The van der Waals surface area contributed by atoms with E-state index in [-0.39, 0.29) is 5.30 Å². The quantitative estimate of drug-likeness (QED) is 0.752. The highest BCUT2D eigenvalue weighted by atomic mass is 31.2. The fourth-order valence-electron chi connectivity index (χ4n) is 1.14. The molecule has 0 amide bonds. The third-order valence-corrected chi connectivity index (χ3v) is 2.82. The summed E-state index contributed by atoms with van der Waals surface area (Å²) in [5.41, 5.74) is 0.586. The van der Waals surface area contributed by atoms with E-state index in [1.807, 2.05) is 13.0 Å². The molecular formula is C10H13O3P. The van der Waals surface area contributed by atoms with Gasteiger partial charge in [0, 0.05) is 0 Å². The molecule has 0 saturated carbocycles. The van der Waals surface area contributed by atoms with Crippen LogP contribution in [-0.4, -0.2) is 9.79 Å². The van der Waals surface area contributed by atoms with Crippen molar-refractivity contribution in [1.82, 2.24) is 0 Å². The van der Waals surface area contributed by atoms with Crippen LogP contribution < -0.4 is 5.30 Å². The lowest BCUT2D eigenvalue weighted by atomic mass is 10.2. The molecule has 2 N–H and O–H groups in total. The minimum Gasteiger partial charge on any atom is -0.321 e. The molecule has 1 rings (SSSR count). The van der Waals surface area contributed by atoms with Crippen LogP contribution in [-0.2, 0) is 4.57 Å². The molecule has 1 aromatic rings. The Labute approximate surface area is 83.3 Å². The molecule has 14 heavy (non-hydrogen) atoms. The summed E-state index contributed by atoms with van der Waals surface area (Å²) in [5.74, 6) is 0. The van der Waals surface area contributed by atoms with Gasteiger partial charge in [0.2, 0.25) is 0 Å². The normalized spacial score (nSPS) is 12.2. The van der Waals surface area contributed by atoms with Gasteiger partial charge in [0.25, 0.3) is 0 Å². The lowest BCUT2D eigenvalue weighted by molar-refractivity contribution is 0.387. The van der Waals surface area contributed by atoms with E-state index in [1.165, 1.54) is 6.07 Å². The maximum Gasteiger partial charge on any atom is 0.356 e. The van der Waals surface area contributed by atoms with Crippen molar-refractivity contribution in [3.05, 3.63) is 35.9 Å². The van der Waals surface area contributed by atoms with Gasteiger partial charge in [0.1, 0.15) is 0 Å². The lowest BCUT2D eigenvalue weighted by Gasteiger charge is -2.06. The van der Waals surface area contributed by atoms with Gasteiger partial charge in [-0.05, 0) is 18.1 Å². The number of hydrogen-bond acceptors (Lipinski definition) is 1. The number of hydrogen-bond donors (Lipinski definition) is 2. The molecule has 0 aromatic heterocycles. The van der Waals surface area contributed by atoms with Crippen LogP contribution in [0.1, 0.15) is 18.9 Å². The molecule has 0 radical (unpaired) electrons. The van der Waals surface area contributed by atoms with Gasteiger partial charge in [-0.1, -0.05) is 37.3 Å². The van der Waals surface area contributed by atoms with Crippen molar-refractivity contribution in [3.8, 4) is 0 Å². The minimum absolute atomic E-state index is 0.0877. The first-order valence-electron chi connectivity index (χ1n) is 4.37. The minimum atomic E-state index is -4.15. The molecule has 76 valence electrons. The Balaban J connectivity index is 3.17. The Morgan fingerprint density at radius 1 is 1.36 bits per heavy atom. The predicted molar refractivity (Wildman–Crippen MR) is 57.4 cm³/mol. The molecule has 0 aliphatic heterocycles. The summed E-state index contributed by atoms with van der Waals surface area (Å²) < 4.78 is 11.1. The third kappa shape index (κ3) is 2.81. The molecule has 0 aliphatic carbocycles. The summed E-state index contributed by atoms with van der Waals surface area (Å²) in [6.07, 6.45) is 4.44. The van der Waals surface area contributed by atoms with Crippen LogP contribution in [0.4, 0.5) is 0 Å². The third-order valence-electron chi connectivity index (χ3n) is 1.78. The Morgan fingerprint density at radius 3 is 2.57 bits per heavy atom. The largest absolute Gasteiger partial charge is 0.356 e. The molecule has 0 bridgehead atoms. The van der Waals surface area contributed by atoms with Crippen LogP contribution in [0.3, 0.4) is 0 Å². The van der Waals surface area contributed by atoms with Gasteiger partial charge in [-0.2, -0.15) is 0 Å². The van der Waals surface area contributed by atoms with Crippen molar-refractivity contribution < 1.29 is 14.4 Å². The van der Waals surface area contributed by atoms with Crippen LogP contribution in [0, 0.1) is 0 Å². The topological polar surface area (TPSA) is 57.5 Å². The number of rotatable bonds is 3. The SMILES string of the molecule is CCC=Cc1ccccc1P(=O)(O)O. The average molecular weight is 212 g/mol. The number of allylic oxidation sites excluding steroid dienone is 1. The Kier molecular flexibility index (Phi) is 3.64. The van der Waals surface area contributed by atoms with Crippen molar-refractivity contribution >= 4 is 19.0 Å². The van der Waals surface area contributed by atoms with Crippen LogP contribution >= 0.6 is 7.60 Å². The van der Waals surface area contributed by atoms with Crippen LogP contribution in [0.15, 0.2) is 30.3 Å². The van der Waals surface area contributed by atoms with E-state index in [2.05, 4.69) is 0 Å². The van der Waals surface area contributed by atoms with Gasteiger partial charge >= 0.3 is 7.60 Å². The average Bonchev–Trinajstić information content (AvgIpc) is 2.14. The summed E-state index contributed by atoms with van der Waals surface area (Å²) in [6, 6.07) is 6.53. The van der Waals surface area contributed by atoms with Crippen molar-refractivity contribution in [2.45, 2.75) is 13.3 Å². The van der Waals surface area contributed by atoms with Crippen LogP contribution in [0.25, 0.3) is 6.08 Å². The van der Waals surface area contributed by atoms with E-state index in [9.17, 15) is 4.57 Å². The standard InChI is InChI=1S/C10H13O3P/c1-2-3-6-9-7-4-5-8-10(9)14(11,12)13/h3-8H,2H2,1H3,(H2,11,12,13). The zero-order chi connectivity index (χ0) is 10.6. The summed E-state index contributed by atoms with van der Waals surface area (Å²) in [6.45, 7) is 1.97. The van der Waals surface area contributed by atoms with E-state index < -0.39 is 7.60 Å². The van der Waals surface area contributed by atoms with E-state index in [0.29, 0.717) is 5.56 Å². The highest BCUT2D eigenvalue weighted by Crippen LogP contribution is 2.34. The second-order valence-corrected chi connectivity index (χ2v) is 4.48. The summed E-state index contributed by atoms with van der Waals surface area (Å²) in [7, 11) is -4.15.